The fourth-order valence-electron chi connectivity index (χ4n) is 1.99. The molecule has 1 amide bonds. The van der Waals surface area contributed by atoms with E-state index in [1.807, 2.05) is 32.0 Å². The van der Waals surface area contributed by atoms with Gasteiger partial charge in [-0.2, -0.15) is 0 Å². The van der Waals surface area contributed by atoms with Crippen LogP contribution in [0.25, 0.3) is 0 Å². The lowest BCUT2D eigenvalue weighted by atomic mass is 10.1. The molecule has 0 aliphatic carbocycles. The molecule has 2 aromatic rings. The first-order chi connectivity index (χ1) is 10.1. The van der Waals surface area contributed by atoms with Crippen LogP contribution in [0.5, 0.6) is 0 Å². The molecule has 0 radical (unpaired) electrons. The highest BCUT2D eigenvalue weighted by Crippen LogP contribution is 2.26. The maximum absolute atomic E-state index is 12.0. The molecule has 110 valence electrons. The molecule has 0 spiro atoms. The van der Waals surface area contributed by atoms with E-state index in [1.165, 1.54) is 0 Å². The van der Waals surface area contributed by atoms with Crippen LogP contribution >= 0.6 is 11.6 Å². The molecule has 0 bridgehead atoms. The van der Waals surface area contributed by atoms with Crippen molar-refractivity contribution in [2.45, 2.75) is 20.3 Å². The van der Waals surface area contributed by atoms with Gasteiger partial charge in [0.05, 0.1) is 17.4 Å². The van der Waals surface area contributed by atoms with Crippen LogP contribution in [0.3, 0.4) is 0 Å². The largest absolute Gasteiger partial charge is 0.355 e. The topological polar surface area (TPSA) is 66.9 Å². The van der Waals surface area contributed by atoms with Crippen molar-refractivity contribution in [2.75, 3.05) is 12.4 Å². The third-order valence-corrected chi connectivity index (χ3v) is 3.37. The van der Waals surface area contributed by atoms with Gasteiger partial charge >= 0.3 is 0 Å². The van der Waals surface area contributed by atoms with Crippen LogP contribution in [0, 0.1) is 6.92 Å². The highest BCUT2D eigenvalue weighted by Gasteiger charge is 2.14. The number of halogens is 1. The number of aromatic nitrogens is 2. The van der Waals surface area contributed by atoms with Crippen molar-refractivity contribution in [1.29, 1.82) is 0 Å². The predicted octanol–water partition coefficient (Wildman–Crippen LogP) is 3.10. The zero-order valence-corrected chi connectivity index (χ0v) is 13.0. The molecule has 5 nitrogen and oxygen atoms in total. The number of carbonyl (C=O) groups is 1. The van der Waals surface area contributed by atoms with Gasteiger partial charge in [0.2, 0.25) is 0 Å². The number of aryl methyl sites for hydroxylation is 2. The Morgan fingerprint density at radius 2 is 2.14 bits per heavy atom. The van der Waals surface area contributed by atoms with Gasteiger partial charge in [0.25, 0.3) is 5.91 Å². The number of nitrogens with one attached hydrogen (secondary N) is 2. The van der Waals surface area contributed by atoms with E-state index < -0.39 is 0 Å². The Morgan fingerprint density at radius 1 is 1.38 bits per heavy atom. The minimum atomic E-state index is -0.156. The number of rotatable bonds is 4. The van der Waals surface area contributed by atoms with Crippen molar-refractivity contribution < 1.29 is 4.79 Å². The molecular formula is C15H17ClN4O. The summed E-state index contributed by atoms with van der Waals surface area (Å²) >= 11 is 6.12. The van der Waals surface area contributed by atoms with Crippen molar-refractivity contribution in [2.24, 2.45) is 0 Å². The summed E-state index contributed by atoms with van der Waals surface area (Å²) in [5.74, 6) is 1.03. The third kappa shape index (κ3) is 3.31. The molecule has 0 unspecified atom stereocenters. The lowest BCUT2D eigenvalue weighted by molar-refractivity contribution is 0.0963. The summed E-state index contributed by atoms with van der Waals surface area (Å²) < 4.78 is 0. The summed E-state index contributed by atoms with van der Waals surface area (Å²) in [5, 5.41) is 6.18. The molecule has 1 aromatic heterocycles. The standard InChI is InChI=1S/C15H17ClN4O/c1-4-12-18-8-10(16)14(20-12)19-11-7-5-6-9(2)13(11)15(21)17-3/h5-8H,4H2,1-3H3,(H,17,21)(H,18,19,20). The van der Waals surface area contributed by atoms with Gasteiger partial charge < -0.3 is 10.6 Å². The number of hydrogen-bond donors (Lipinski definition) is 2. The molecule has 1 heterocycles. The van der Waals surface area contributed by atoms with Crippen molar-refractivity contribution in [3.8, 4) is 0 Å². The Balaban J connectivity index is 2.45. The van der Waals surface area contributed by atoms with Gasteiger partial charge in [-0.05, 0) is 18.6 Å². The van der Waals surface area contributed by atoms with Gasteiger partial charge in [0, 0.05) is 13.5 Å². The molecule has 0 saturated heterocycles. The van der Waals surface area contributed by atoms with E-state index in [9.17, 15) is 4.79 Å². The van der Waals surface area contributed by atoms with Crippen LogP contribution < -0.4 is 10.6 Å². The molecule has 21 heavy (non-hydrogen) atoms. The van der Waals surface area contributed by atoms with E-state index in [0.717, 1.165) is 5.56 Å². The lowest BCUT2D eigenvalue weighted by Gasteiger charge is -2.14. The second kappa shape index (κ2) is 6.54. The smallest absolute Gasteiger partial charge is 0.253 e. The summed E-state index contributed by atoms with van der Waals surface area (Å²) in [6, 6.07) is 5.58. The Morgan fingerprint density at radius 3 is 2.81 bits per heavy atom. The Labute approximate surface area is 128 Å². The molecule has 6 heteroatoms. The third-order valence-electron chi connectivity index (χ3n) is 3.09. The molecule has 0 aliphatic rings. The van der Waals surface area contributed by atoms with E-state index in [0.29, 0.717) is 34.3 Å². The molecule has 1 aromatic carbocycles. The molecule has 0 saturated carbocycles. The SMILES string of the molecule is CCc1ncc(Cl)c(Nc2cccc(C)c2C(=O)NC)n1. The second-order valence-electron chi connectivity index (χ2n) is 4.54. The first-order valence-corrected chi connectivity index (χ1v) is 7.04. The zero-order chi connectivity index (χ0) is 15.4. The molecule has 2 N–H and O–H groups in total. The monoisotopic (exact) mass is 304 g/mol. The van der Waals surface area contributed by atoms with Gasteiger partial charge in [-0.25, -0.2) is 9.97 Å². The molecule has 0 aliphatic heterocycles. The first-order valence-electron chi connectivity index (χ1n) is 6.67. The number of nitrogens with zero attached hydrogens (tertiary/aromatic N) is 2. The summed E-state index contributed by atoms with van der Waals surface area (Å²) in [7, 11) is 1.60. The second-order valence-corrected chi connectivity index (χ2v) is 4.95. The predicted molar refractivity (Wildman–Crippen MR) is 84.3 cm³/mol. The van der Waals surface area contributed by atoms with E-state index in [-0.39, 0.29) is 5.91 Å². The summed E-state index contributed by atoms with van der Waals surface area (Å²) in [4.78, 5) is 20.5. The minimum absolute atomic E-state index is 0.156. The Hall–Kier alpha value is -2.14. The molecule has 0 atom stereocenters. The molecular weight excluding hydrogens is 288 g/mol. The van der Waals surface area contributed by atoms with Crippen molar-refractivity contribution >= 4 is 29.0 Å². The zero-order valence-electron chi connectivity index (χ0n) is 12.2. The van der Waals surface area contributed by atoms with Gasteiger partial charge in [-0.3, -0.25) is 4.79 Å². The maximum Gasteiger partial charge on any atom is 0.253 e. The normalized spacial score (nSPS) is 10.3. The van der Waals surface area contributed by atoms with Crippen molar-refractivity contribution in [1.82, 2.24) is 15.3 Å². The van der Waals surface area contributed by atoms with Gasteiger partial charge in [-0.15, -0.1) is 0 Å². The van der Waals surface area contributed by atoms with Crippen LogP contribution in [-0.4, -0.2) is 22.9 Å². The quantitative estimate of drug-likeness (QED) is 0.911. The highest BCUT2D eigenvalue weighted by molar-refractivity contribution is 6.32. The number of benzene rings is 1. The number of anilines is 2. The van der Waals surface area contributed by atoms with Gasteiger partial charge in [-0.1, -0.05) is 30.7 Å². The first kappa shape index (κ1) is 15.3. The Bertz CT molecular complexity index is 673. The van der Waals surface area contributed by atoms with E-state index >= 15 is 0 Å². The number of hydrogen-bond acceptors (Lipinski definition) is 4. The average Bonchev–Trinajstić information content (AvgIpc) is 2.49. The summed E-state index contributed by atoms with van der Waals surface area (Å²) in [6.45, 7) is 3.85. The van der Waals surface area contributed by atoms with Crippen LogP contribution in [0.2, 0.25) is 5.02 Å². The van der Waals surface area contributed by atoms with Crippen LogP contribution in [-0.2, 0) is 6.42 Å². The Kier molecular flexibility index (Phi) is 4.75. The van der Waals surface area contributed by atoms with Crippen molar-refractivity contribution in [3.63, 3.8) is 0 Å². The maximum atomic E-state index is 12.0. The van der Waals surface area contributed by atoms with Crippen LogP contribution in [0.15, 0.2) is 24.4 Å². The summed E-state index contributed by atoms with van der Waals surface area (Å²) in [5.41, 5.74) is 2.12. The van der Waals surface area contributed by atoms with Crippen LogP contribution in [0.4, 0.5) is 11.5 Å². The lowest BCUT2D eigenvalue weighted by Crippen LogP contribution is -2.20. The van der Waals surface area contributed by atoms with E-state index in [1.54, 1.807) is 13.2 Å². The highest BCUT2D eigenvalue weighted by atomic mass is 35.5. The van der Waals surface area contributed by atoms with E-state index in [2.05, 4.69) is 20.6 Å². The van der Waals surface area contributed by atoms with E-state index in [4.69, 9.17) is 11.6 Å². The van der Waals surface area contributed by atoms with Gasteiger partial charge in [0.15, 0.2) is 5.82 Å². The van der Waals surface area contributed by atoms with Crippen LogP contribution in [0.1, 0.15) is 28.7 Å². The summed E-state index contributed by atoms with van der Waals surface area (Å²) in [6.07, 6.45) is 2.27. The molecule has 2 rings (SSSR count). The van der Waals surface area contributed by atoms with Crippen molar-refractivity contribution in [3.05, 3.63) is 46.4 Å². The van der Waals surface area contributed by atoms with Gasteiger partial charge in [0.1, 0.15) is 10.8 Å². The number of amides is 1. The minimum Gasteiger partial charge on any atom is -0.355 e. The molecule has 0 fully saturated rings. The average molecular weight is 305 g/mol. The number of carbonyl (C=O) groups excluding carboxylic acids is 1. The fraction of sp³-hybridized carbons (Fsp3) is 0.267. The fourth-order valence-corrected chi connectivity index (χ4v) is 2.13.